The maximum Gasteiger partial charge on any atom is 0.226 e. The fraction of sp³-hybridized carbons (Fsp3) is 0.455. The summed E-state index contributed by atoms with van der Waals surface area (Å²) in [6, 6.07) is 6.33. The number of amides is 1. The van der Waals surface area contributed by atoms with Crippen molar-refractivity contribution in [3.63, 3.8) is 0 Å². The second-order valence-corrected chi connectivity index (χ2v) is 8.13. The number of rotatable bonds is 6. The third kappa shape index (κ3) is 4.82. The van der Waals surface area contributed by atoms with Crippen LogP contribution >= 0.6 is 11.3 Å². The second-order valence-electron chi connectivity index (χ2n) is 7.02. The van der Waals surface area contributed by atoms with Gasteiger partial charge in [-0.3, -0.25) is 4.79 Å². The quantitative estimate of drug-likeness (QED) is 0.683. The fourth-order valence-corrected chi connectivity index (χ4v) is 4.62. The minimum atomic E-state index is 0.0953. The van der Waals surface area contributed by atoms with Crippen molar-refractivity contribution < 1.29 is 4.79 Å². The first-order valence-corrected chi connectivity index (χ1v) is 10.5. The van der Waals surface area contributed by atoms with Crippen LogP contribution in [-0.2, 0) is 11.2 Å². The van der Waals surface area contributed by atoms with Gasteiger partial charge in [0, 0.05) is 6.54 Å². The maximum absolute atomic E-state index is 12.3. The van der Waals surface area contributed by atoms with E-state index in [1.165, 1.54) is 43.2 Å². The maximum atomic E-state index is 12.3. The molecule has 0 atom stereocenters. The summed E-state index contributed by atoms with van der Waals surface area (Å²) < 4.78 is 1.14. The van der Waals surface area contributed by atoms with Gasteiger partial charge in [-0.05, 0) is 55.9 Å². The number of fused-ring (bicyclic) bond motifs is 1. The van der Waals surface area contributed by atoms with Gasteiger partial charge in [0.2, 0.25) is 5.91 Å². The van der Waals surface area contributed by atoms with E-state index in [1.807, 2.05) is 19.9 Å². The lowest BCUT2D eigenvalue weighted by Crippen LogP contribution is -2.31. The highest BCUT2D eigenvalue weighted by atomic mass is 32.1. The van der Waals surface area contributed by atoms with Crippen LogP contribution in [0.25, 0.3) is 15.8 Å². The van der Waals surface area contributed by atoms with Crippen molar-refractivity contribution in [3.8, 4) is 0 Å². The first-order valence-electron chi connectivity index (χ1n) is 9.65. The van der Waals surface area contributed by atoms with Gasteiger partial charge in [-0.25, -0.2) is 4.98 Å². The van der Waals surface area contributed by atoms with Crippen molar-refractivity contribution in [2.75, 3.05) is 6.54 Å². The molecule has 1 saturated carbocycles. The molecule has 0 saturated heterocycles. The third-order valence-electron chi connectivity index (χ3n) is 5.05. The number of hydrogen-bond acceptors (Lipinski definition) is 3. The average molecular weight is 369 g/mol. The molecule has 0 spiro atoms. The molecule has 1 fully saturated rings. The van der Waals surface area contributed by atoms with Gasteiger partial charge in [-0.2, -0.15) is 0 Å². The average Bonchev–Trinajstić information content (AvgIpc) is 3.06. The van der Waals surface area contributed by atoms with Crippen LogP contribution in [0.3, 0.4) is 0 Å². The van der Waals surface area contributed by atoms with E-state index in [9.17, 15) is 4.79 Å². The van der Waals surface area contributed by atoms with E-state index in [0.29, 0.717) is 12.3 Å². The lowest BCUT2D eigenvalue weighted by Gasteiger charge is -2.21. The highest BCUT2D eigenvalue weighted by molar-refractivity contribution is 7.18. The molecule has 0 radical (unpaired) electrons. The van der Waals surface area contributed by atoms with Gasteiger partial charge in [0.25, 0.3) is 0 Å². The largest absolute Gasteiger partial charge is 0.355 e. The van der Waals surface area contributed by atoms with Gasteiger partial charge in [0.1, 0.15) is 5.01 Å². The zero-order valence-corrected chi connectivity index (χ0v) is 16.6. The number of nitrogens with one attached hydrogen (secondary N) is 1. The number of aromatic nitrogens is 1. The van der Waals surface area contributed by atoms with Crippen molar-refractivity contribution in [1.29, 1.82) is 0 Å². The zero-order valence-electron chi connectivity index (χ0n) is 15.8. The van der Waals surface area contributed by atoms with Crippen molar-refractivity contribution >= 4 is 33.0 Å². The highest BCUT2D eigenvalue weighted by Crippen LogP contribution is 2.27. The molecule has 3 rings (SSSR count). The Balaban J connectivity index is 1.64. The second kappa shape index (κ2) is 9.13. The monoisotopic (exact) mass is 368 g/mol. The van der Waals surface area contributed by atoms with Crippen LogP contribution in [0.4, 0.5) is 0 Å². The molecule has 2 aromatic rings. The number of nitrogens with zero attached hydrogens (tertiary/aromatic N) is 1. The summed E-state index contributed by atoms with van der Waals surface area (Å²) in [7, 11) is 0. The van der Waals surface area contributed by atoms with Gasteiger partial charge >= 0.3 is 0 Å². The number of thiazole rings is 1. The van der Waals surface area contributed by atoms with Crippen LogP contribution in [0, 0.1) is 5.92 Å². The molecule has 0 aliphatic heterocycles. The molecule has 0 unspecified atom stereocenters. The predicted octanol–water partition coefficient (Wildman–Crippen LogP) is 5.51. The van der Waals surface area contributed by atoms with Crippen molar-refractivity contribution in [2.45, 2.75) is 52.4 Å². The predicted molar refractivity (Wildman–Crippen MR) is 111 cm³/mol. The van der Waals surface area contributed by atoms with Gasteiger partial charge in [-0.1, -0.05) is 43.6 Å². The Kier molecular flexibility index (Phi) is 6.62. The van der Waals surface area contributed by atoms with Crippen molar-refractivity contribution in [3.05, 3.63) is 47.0 Å². The van der Waals surface area contributed by atoms with Crippen LogP contribution in [0.1, 0.15) is 56.5 Å². The summed E-state index contributed by atoms with van der Waals surface area (Å²) in [6.45, 7) is 4.90. The fourth-order valence-electron chi connectivity index (χ4n) is 3.62. The molecule has 1 N–H and O–H groups in total. The molecule has 1 aromatic heterocycles. The van der Waals surface area contributed by atoms with Gasteiger partial charge in [0.05, 0.1) is 16.6 Å². The Hall–Kier alpha value is -1.94. The van der Waals surface area contributed by atoms with E-state index in [2.05, 4.69) is 40.7 Å². The molecular formula is C22H28N2OS. The molecule has 0 bridgehead atoms. The number of benzene rings is 1. The van der Waals surface area contributed by atoms with Crippen molar-refractivity contribution in [1.82, 2.24) is 10.3 Å². The zero-order chi connectivity index (χ0) is 18.4. The molecule has 138 valence electrons. The molecule has 1 aromatic carbocycles. The van der Waals surface area contributed by atoms with E-state index in [0.717, 1.165) is 21.8 Å². The van der Waals surface area contributed by atoms with Crippen molar-refractivity contribution in [2.24, 2.45) is 5.92 Å². The summed E-state index contributed by atoms with van der Waals surface area (Å²) in [5.41, 5.74) is 3.37. The summed E-state index contributed by atoms with van der Waals surface area (Å²) in [6.07, 6.45) is 13.1. The third-order valence-corrected chi connectivity index (χ3v) is 6.07. The normalized spacial score (nSPS) is 16.5. The van der Waals surface area contributed by atoms with Crippen LogP contribution in [-0.4, -0.2) is 17.4 Å². The molecule has 1 aliphatic rings. The Morgan fingerprint density at radius 2 is 2.08 bits per heavy atom. The van der Waals surface area contributed by atoms with Crippen LogP contribution < -0.4 is 5.32 Å². The van der Waals surface area contributed by atoms with E-state index in [1.54, 1.807) is 11.3 Å². The van der Waals surface area contributed by atoms with Gasteiger partial charge in [0.15, 0.2) is 0 Å². The Morgan fingerprint density at radius 1 is 1.27 bits per heavy atom. The standard InChI is InChI=1S/C22H28N2OS/c1-3-8-17(4-2)18-11-12-19-20(13-18)26-22(24-19)14-21(25)23-15-16-9-6-5-7-10-16/h3-4,8,11-13,16H,5-7,9-10,14-15H2,1-2H3,(H,23,25)/b8-3-,17-4+. The first kappa shape index (κ1) is 18.8. The number of carbonyl (C=O) groups excluding carboxylic acids is 1. The first-order chi connectivity index (χ1) is 12.7. The van der Waals surface area contributed by atoms with Crippen LogP contribution in [0.15, 0.2) is 36.4 Å². The number of carbonyl (C=O) groups is 1. The summed E-state index contributed by atoms with van der Waals surface area (Å²) >= 11 is 1.62. The molecular weight excluding hydrogens is 340 g/mol. The summed E-state index contributed by atoms with van der Waals surface area (Å²) in [5.74, 6) is 0.759. The minimum Gasteiger partial charge on any atom is -0.355 e. The lowest BCUT2D eigenvalue weighted by molar-refractivity contribution is -0.120. The molecule has 4 heteroatoms. The topological polar surface area (TPSA) is 42.0 Å². The summed E-state index contributed by atoms with van der Waals surface area (Å²) in [4.78, 5) is 16.9. The Labute approximate surface area is 160 Å². The van der Waals surface area contributed by atoms with E-state index >= 15 is 0 Å². The lowest BCUT2D eigenvalue weighted by atomic mass is 9.89. The van der Waals surface area contributed by atoms with Gasteiger partial charge < -0.3 is 5.32 Å². The van der Waals surface area contributed by atoms with Gasteiger partial charge in [-0.15, -0.1) is 11.3 Å². The number of hydrogen-bond donors (Lipinski definition) is 1. The van der Waals surface area contributed by atoms with Crippen LogP contribution in [0.5, 0.6) is 0 Å². The Morgan fingerprint density at radius 3 is 2.81 bits per heavy atom. The molecule has 3 nitrogen and oxygen atoms in total. The molecule has 1 aliphatic carbocycles. The molecule has 1 amide bonds. The van der Waals surface area contributed by atoms with Crippen LogP contribution in [0.2, 0.25) is 0 Å². The smallest absolute Gasteiger partial charge is 0.226 e. The Bertz CT molecular complexity index is 813. The summed E-state index contributed by atoms with van der Waals surface area (Å²) in [5, 5.41) is 4.00. The van der Waals surface area contributed by atoms with E-state index in [-0.39, 0.29) is 5.91 Å². The number of allylic oxidation sites excluding steroid dienone is 4. The highest BCUT2D eigenvalue weighted by Gasteiger charge is 2.15. The van der Waals surface area contributed by atoms with E-state index in [4.69, 9.17) is 0 Å². The van der Waals surface area contributed by atoms with E-state index < -0.39 is 0 Å². The molecule has 1 heterocycles. The SMILES string of the molecule is C/C=C\C(=C/C)c1ccc2nc(CC(=O)NCC3CCCCC3)sc2c1. The minimum absolute atomic E-state index is 0.0953. The molecule has 26 heavy (non-hydrogen) atoms.